The molecule has 0 spiro atoms. The van der Waals surface area contributed by atoms with E-state index in [0.717, 1.165) is 44.2 Å². The van der Waals surface area contributed by atoms with Crippen LogP contribution in [-0.4, -0.2) is 27.4 Å². The van der Waals surface area contributed by atoms with Gasteiger partial charge in [0.15, 0.2) is 5.13 Å². The molecule has 4 aromatic rings. The number of nitrogens with two attached hydrogens (primary N) is 1. The van der Waals surface area contributed by atoms with Crippen molar-refractivity contribution >= 4 is 27.4 Å². The summed E-state index contributed by atoms with van der Waals surface area (Å²) in [6.45, 7) is 0.467. The molecule has 0 aliphatic carbocycles. The minimum absolute atomic E-state index is 0.250. The summed E-state index contributed by atoms with van der Waals surface area (Å²) in [6, 6.07) is 11.0. The third-order valence-electron chi connectivity index (χ3n) is 4.83. The Morgan fingerprint density at radius 2 is 1.90 bits per heavy atom. The van der Waals surface area contributed by atoms with E-state index >= 15 is 0 Å². The van der Waals surface area contributed by atoms with Crippen molar-refractivity contribution in [2.24, 2.45) is 12.8 Å². The highest BCUT2D eigenvalue weighted by Gasteiger charge is 2.29. The maximum absolute atomic E-state index is 12.7. The van der Waals surface area contributed by atoms with E-state index in [0.29, 0.717) is 13.0 Å². The molecule has 0 radical (unpaired) electrons. The Kier molecular flexibility index (Phi) is 5.48. The second kappa shape index (κ2) is 8.08. The van der Waals surface area contributed by atoms with Crippen molar-refractivity contribution in [3.8, 4) is 10.4 Å². The molecule has 0 saturated heterocycles. The molecule has 0 aliphatic rings. The fourth-order valence-corrected chi connectivity index (χ4v) is 4.03. The SMILES string of the molecule is Cn1ncc2ccc(-c3cnc(NC[C@H](N)Cc4ccc(C(F)(F)F)cc4)s3)cc21. The molecule has 1 atom stereocenters. The zero-order valence-electron chi connectivity index (χ0n) is 16.1. The maximum Gasteiger partial charge on any atom is 0.416 e. The number of aryl methyl sites for hydroxylation is 1. The molecule has 0 bridgehead atoms. The number of benzene rings is 2. The first-order valence-corrected chi connectivity index (χ1v) is 10.1. The average Bonchev–Trinajstić information content (AvgIpc) is 3.33. The van der Waals surface area contributed by atoms with Gasteiger partial charge in [-0.1, -0.05) is 35.6 Å². The van der Waals surface area contributed by atoms with Gasteiger partial charge in [-0.25, -0.2) is 4.98 Å². The molecule has 9 heteroatoms. The highest BCUT2D eigenvalue weighted by atomic mass is 32.1. The van der Waals surface area contributed by atoms with Gasteiger partial charge in [0.1, 0.15) is 0 Å². The molecule has 2 heterocycles. The number of alkyl halides is 3. The van der Waals surface area contributed by atoms with Gasteiger partial charge >= 0.3 is 6.18 Å². The lowest BCUT2D eigenvalue weighted by molar-refractivity contribution is -0.137. The number of hydrogen-bond donors (Lipinski definition) is 2. The average molecular weight is 431 g/mol. The molecule has 0 amide bonds. The smallest absolute Gasteiger partial charge is 0.360 e. The zero-order valence-corrected chi connectivity index (χ0v) is 17.0. The molecule has 0 saturated carbocycles. The van der Waals surface area contributed by atoms with E-state index in [4.69, 9.17) is 5.73 Å². The number of rotatable bonds is 6. The van der Waals surface area contributed by atoms with E-state index in [2.05, 4.69) is 21.5 Å². The van der Waals surface area contributed by atoms with Gasteiger partial charge in [0.25, 0.3) is 0 Å². The Morgan fingerprint density at radius 1 is 1.13 bits per heavy atom. The van der Waals surface area contributed by atoms with Crippen LogP contribution in [0, 0.1) is 0 Å². The van der Waals surface area contributed by atoms with Crippen LogP contribution in [0.1, 0.15) is 11.1 Å². The maximum atomic E-state index is 12.7. The van der Waals surface area contributed by atoms with E-state index in [1.165, 1.54) is 23.5 Å². The molecule has 0 aliphatic heterocycles. The van der Waals surface area contributed by atoms with Crippen molar-refractivity contribution in [1.82, 2.24) is 14.8 Å². The van der Waals surface area contributed by atoms with Crippen LogP contribution >= 0.6 is 11.3 Å². The molecular weight excluding hydrogens is 411 g/mol. The molecule has 0 fully saturated rings. The Bertz CT molecular complexity index is 1150. The number of nitrogens with zero attached hydrogens (tertiary/aromatic N) is 3. The van der Waals surface area contributed by atoms with Gasteiger partial charge < -0.3 is 11.1 Å². The Hall–Kier alpha value is -2.91. The highest BCUT2D eigenvalue weighted by molar-refractivity contribution is 7.18. The van der Waals surface area contributed by atoms with Gasteiger partial charge in [0, 0.05) is 31.2 Å². The second-order valence-electron chi connectivity index (χ2n) is 7.11. The Balaban J connectivity index is 1.36. The first kappa shape index (κ1) is 20.4. The summed E-state index contributed by atoms with van der Waals surface area (Å²) in [6.07, 6.45) is -0.213. The zero-order chi connectivity index (χ0) is 21.3. The summed E-state index contributed by atoms with van der Waals surface area (Å²) >= 11 is 1.52. The number of aromatic nitrogens is 3. The summed E-state index contributed by atoms with van der Waals surface area (Å²) in [5.74, 6) is 0. The Morgan fingerprint density at radius 3 is 2.63 bits per heavy atom. The van der Waals surface area contributed by atoms with Gasteiger partial charge in [-0.05, 0) is 35.7 Å². The van der Waals surface area contributed by atoms with Crippen molar-refractivity contribution in [2.45, 2.75) is 18.6 Å². The van der Waals surface area contributed by atoms with Crippen LogP contribution in [0.2, 0.25) is 0 Å². The van der Waals surface area contributed by atoms with Gasteiger partial charge in [-0.2, -0.15) is 18.3 Å². The van der Waals surface area contributed by atoms with Crippen LogP contribution in [0.5, 0.6) is 0 Å². The van der Waals surface area contributed by atoms with Gasteiger partial charge in [0.2, 0.25) is 0 Å². The van der Waals surface area contributed by atoms with E-state index in [1.54, 1.807) is 0 Å². The predicted octanol–water partition coefficient (Wildman–Crippen LogP) is 4.70. The highest BCUT2D eigenvalue weighted by Crippen LogP contribution is 2.31. The van der Waals surface area contributed by atoms with Crippen LogP contribution in [0.4, 0.5) is 18.3 Å². The second-order valence-corrected chi connectivity index (χ2v) is 8.14. The number of nitrogens with one attached hydrogen (secondary N) is 1. The number of thiazole rings is 1. The van der Waals surface area contributed by atoms with Gasteiger partial charge in [-0.3, -0.25) is 4.68 Å². The van der Waals surface area contributed by atoms with Crippen LogP contribution in [0.3, 0.4) is 0 Å². The number of fused-ring (bicyclic) bond motifs is 1. The third-order valence-corrected chi connectivity index (χ3v) is 5.84. The summed E-state index contributed by atoms with van der Waals surface area (Å²) in [7, 11) is 1.91. The molecule has 30 heavy (non-hydrogen) atoms. The molecule has 4 rings (SSSR count). The summed E-state index contributed by atoms with van der Waals surface area (Å²) < 4.78 is 39.8. The quantitative estimate of drug-likeness (QED) is 0.464. The van der Waals surface area contributed by atoms with Crippen LogP contribution in [0.15, 0.2) is 54.9 Å². The standard InChI is InChI=1S/C21H20F3N5S/c1-29-18-9-14(4-5-15(18)10-28-29)19-12-27-20(30-19)26-11-17(25)8-13-2-6-16(7-3-13)21(22,23)24/h2-7,9-10,12,17H,8,11,25H2,1H3,(H,26,27)/t17-/m1/s1. The van der Waals surface area contributed by atoms with Crippen molar-refractivity contribution in [1.29, 1.82) is 0 Å². The summed E-state index contributed by atoms with van der Waals surface area (Å²) in [5.41, 5.74) is 8.37. The van der Waals surface area contributed by atoms with Crippen molar-refractivity contribution < 1.29 is 13.2 Å². The number of anilines is 1. The van der Waals surface area contributed by atoms with Crippen molar-refractivity contribution in [3.05, 3.63) is 66.0 Å². The normalized spacial score (nSPS) is 13.0. The monoisotopic (exact) mass is 431 g/mol. The molecule has 0 unspecified atom stereocenters. The third kappa shape index (κ3) is 4.47. The summed E-state index contributed by atoms with van der Waals surface area (Å²) in [5, 5.41) is 9.31. The lowest BCUT2D eigenvalue weighted by atomic mass is 10.0. The molecule has 156 valence electrons. The largest absolute Gasteiger partial charge is 0.416 e. The minimum atomic E-state index is -4.33. The number of hydrogen-bond acceptors (Lipinski definition) is 5. The van der Waals surface area contributed by atoms with Gasteiger partial charge in [-0.15, -0.1) is 0 Å². The molecule has 2 aromatic heterocycles. The van der Waals surface area contributed by atoms with E-state index in [9.17, 15) is 13.2 Å². The van der Waals surface area contributed by atoms with E-state index < -0.39 is 11.7 Å². The van der Waals surface area contributed by atoms with Crippen molar-refractivity contribution in [2.75, 3.05) is 11.9 Å². The lowest BCUT2D eigenvalue weighted by Crippen LogP contribution is -2.31. The summed E-state index contributed by atoms with van der Waals surface area (Å²) in [4.78, 5) is 5.43. The van der Waals surface area contributed by atoms with E-state index in [-0.39, 0.29) is 6.04 Å². The van der Waals surface area contributed by atoms with Crippen LogP contribution < -0.4 is 11.1 Å². The van der Waals surface area contributed by atoms with Crippen LogP contribution in [0.25, 0.3) is 21.3 Å². The molecule has 3 N–H and O–H groups in total. The molecule has 2 aromatic carbocycles. The van der Waals surface area contributed by atoms with Gasteiger partial charge in [0.05, 0.1) is 22.2 Å². The first-order chi connectivity index (χ1) is 14.3. The fraction of sp³-hybridized carbons (Fsp3) is 0.238. The minimum Gasteiger partial charge on any atom is -0.360 e. The Labute approximate surface area is 175 Å². The van der Waals surface area contributed by atoms with E-state index in [1.807, 2.05) is 36.3 Å². The molecule has 5 nitrogen and oxygen atoms in total. The topological polar surface area (TPSA) is 68.8 Å². The molecular formula is C21H20F3N5S. The lowest BCUT2D eigenvalue weighted by Gasteiger charge is -2.13. The van der Waals surface area contributed by atoms with Crippen molar-refractivity contribution in [3.63, 3.8) is 0 Å². The first-order valence-electron chi connectivity index (χ1n) is 9.33. The predicted molar refractivity (Wildman–Crippen MR) is 113 cm³/mol. The van der Waals surface area contributed by atoms with Crippen LogP contribution in [-0.2, 0) is 19.6 Å². The fourth-order valence-electron chi connectivity index (χ4n) is 3.21. The number of halogens is 3.